The van der Waals surface area contributed by atoms with Crippen LogP contribution in [-0.2, 0) is 29.0 Å². The zero-order valence-corrected chi connectivity index (χ0v) is 19.1. The van der Waals surface area contributed by atoms with Crippen LogP contribution in [0.2, 0.25) is 5.02 Å². The molecule has 1 aliphatic heterocycles. The van der Waals surface area contributed by atoms with E-state index in [1.165, 1.54) is 28.6 Å². The Morgan fingerprint density at radius 3 is 2.35 bits per heavy atom. The van der Waals surface area contributed by atoms with Crippen LogP contribution >= 0.6 is 11.6 Å². The SMILES string of the molecule is O=C(Cc1ccc2c(c1)N(S(=O)(=O)c1ccc(Cl)cc1)CCC2)c1ccc(C(F)(F)F)cc1F. The summed E-state index contributed by atoms with van der Waals surface area (Å²) in [5.74, 6) is -1.97. The number of halogens is 5. The molecule has 0 saturated heterocycles. The third-order valence-corrected chi connectivity index (χ3v) is 7.67. The fourth-order valence-electron chi connectivity index (χ4n) is 3.88. The topological polar surface area (TPSA) is 54.5 Å². The molecule has 0 spiro atoms. The fraction of sp³-hybridized carbons (Fsp3) is 0.208. The Balaban J connectivity index is 1.63. The number of carbonyl (C=O) groups excluding carboxylic acids is 1. The molecule has 0 amide bonds. The summed E-state index contributed by atoms with van der Waals surface area (Å²) in [5.41, 5.74) is -0.0314. The monoisotopic (exact) mass is 511 g/mol. The Morgan fingerprint density at radius 2 is 1.71 bits per heavy atom. The van der Waals surface area contributed by atoms with E-state index in [1.807, 2.05) is 0 Å². The molecule has 0 unspecified atom stereocenters. The molecule has 0 aromatic heterocycles. The second kappa shape index (κ2) is 9.03. The van der Waals surface area contributed by atoms with Crippen molar-refractivity contribution in [3.8, 4) is 0 Å². The van der Waals surface area contributed by atoms with E-state index in [0.29, 0.717) is 41.2 Å². The average molecular weight is 512 g/mol. The molecule has 1 aliphatic rings. The van der Waals surface area contributed by atoms with Gasteiger partial charge in [-0.05, 0) is 72.5 Å². The first kappa shape index (κ1) is 24.2. The summed E-state index contributed by atoms with van der Waals surface area (Å²) in [6.07, 6.45) is -3.77. The van der Waals surface area contributed by atoms with E-state index >= 15 is 0 Å². The van der Waals surface area contributed by atoms with E-state index in [0.717, 1.165) is 11.6 Å². The van der Waals surface area contributed by atoms with E-state index in [-0.39, 0.29) is 17.9 Å². The van der Waals surface area contributed by atoms with Crippen LogP contribution in [0.15, 0.2) is 65.6 Å². The van der Waals surface area contributed by atoms with Gasteiger partial charge in [0.15, 0.2) is 5.78 Å². The highest BCUT2D eigenvalue weighted by molar-refractivity contribution is 7.92. The van der Waals surface area contributed by atoms with Gasteiger partial charge in [-0.2, -0.15) is 13.2 Å². The summed E-state index contributed by atoms with van der Waals surface area (Å²) in [6, 6.07) is 12.4. The van der Waals surface area contributed by atoms with E-state index in [2.05, 4.69) is 0 Å². The Kier molecular flexibility index (Phi) is 6.44. The van der Waals surface area contributed by atoms with E-state index < -0.39 is 38.9 Å². The lowest BCUT2D eigenvalue weighted by atomic mass is 9.97. The van der Waals surface area contributed by atoms with Crippen molar-refractivity contribution in [3.05, 3.63) is 93.8 Å². The van der Waals surface area contributed by atoms with Crippen LogP contribution in [0.25, 0.3) is 0 Å². The second-order valence-corrected chi connectivity index (χ2v) is 10.2. The first-order valence-corrected chi connectivity index (χ1v) is 12.1. The third kappa shape index (κ3) is 4.81. The number of alkyl halides is 3. The van der Waals surface area contributed by atoms with Gasteiger partial charge in [-0.15, -0.1) is 0 Å². The number of hydrogen-bond donors (Lipinski definition) is 0. The smallest absolute Gasteiger partial charge is 0.294 e. The van der Waals surface area contributed by atoms with Crippen molar-refractivity contribution >= 4 is 33.1 Å². The number of carbonyl (C=O) groups is 1. The molecule has 0 fully saturated rings. The molecule has 1 heterocycles. The minimum atomic E-state index is -4.72. The van der Waals surface area contributed by atoms with E-state index in [9.17, 15) is 30.8 Å². The second-order valence-electron chi connectivity index (χ2n) is 7.89. The van der Waals surface area contributed by atoms with Gasteiger partial charge in [-0.3, -0.25) is 9.10 Å². The number of rotatable bonds is 5. The van der Waals surface area contributed by atoms with Crippen LogP contribution < -0.4 is 4.31 Å². The maximum atomic E-state index is 14.2. The van der Waals surface area contributed by atoms with Gasteiger partial charge in [0.05, 0.1) is 21.7 Å². The average Bonchev–Trinajstić information content (AvgIpc) is 2.78. The standard InChI is InChI=1S/C24H18ClF4NO3S/c25-18-6-8-19(9-7-18)34(32,33)30-11-1-2-16-4-3-15(12-22(16)30)13-23(31)20-10-5-17(14-21(20)26)24(27,28)29/h3-10,12,14H,1-2,11,13H2. The summed E-state index contributed by atoms with van der Waals surface area (Å²) < 4.78 is 80.3. The van der Waals surface area contributed by atoms with Crippen LogP contribution in [0.1, 0.15) is 33.5 Å². The number of fused-ring (bicyclic) bond motifs is 1. The molecular weight excluding hydrogens is 494 g/mol. The largest absolute Gasteiger partial charge is 0.416 e. The van der Waals surface area contributed by atoms with Crippen molar-refractivity contribution in [2.75, 3.05) is 10.8 Å². The molecule has 10 heteroatoms. The quantitative estimate of drug-likeness (QED) is 0.309. The normalized spacial score (nSPS) is 14.1. The summed E-state index contributed by atoms with van der Waals surface area (Å²) in [5, 5.41) is 0.397. The fourth-order valence-corrected chi connectivity index (χ4v) is 5.54. The van der Waals surface area contributed by atoms with Crippen molar-refractivity contribution in [3.63, 3.8) is 0 Å². The summed E-state index contributed by atoms with van der Waals surface area (Å²) in [6.45, 7) is 0.239. The number of nitrogens with zero attached hydrogens (tertiary/aromatic N) is 1. The van der Waals surface area contributed by atoms with Crippen LogP contribution in [0, 0.1) is 5.82 Å². The number of sulfonamides is 1. The Labute approximate surface area is 198 Å². The molecule has 34 heavy (non-hydrogen) atoms. The van der Waals surface area contributed by atoms with Crippen molar-refractivity contribution in [1.82, 2.24) is 0 Å². The third-order valence-electron chi connectivity index (χ3n) is 5.59. The zero-order valence-electron chi connectivity index (χ0n) is 17.6. The lowest BCUT2D eigenvalue weighted by molar-refractivity contribution is -0.137. The number of Topliss-reactive ketones (excluding diaryl/α,β-unsaturated/α-hetero) is 1. The molecule has 0 saturated carbocycles. The molecule has 0 aliphatic carbocycles. The van der Waals surface area contributed by atoms with Crippen molar-refractivity contribution < 1.29 is 30.8 Å². The summed E-state index contributed by atoms with van der Waals surface area (Å²) >= 11 is 5.87. The van der Waals surface area contributed by atoms with Gasteiger partial charge < -0.3 is 0 Å². The zero-order chi connectivity index (χ0) is 24.7. The molecule has 0 atom stereocenters. The predicted molar refractivity (Wildman–Crippen MR) is 120 cm³/mol. The Morgan fingerprint density at radius 1 is 1.00 bits per heavy atom. The maximum Gasteiger partial charge on any atom is 0.416 e. The molecule has 3 aromatic carbocycles. The molecule has 4 nitrogen and oxygen atoms in total. The van der Waals surface area contributed by atoms with Crippen LogP contribution in [-0.4, -0.2) is 20.7 Å². The lowest BCUT2D eigenvalue weighted by Gasteiger charge is -2.31. The highest BCUT2D eigenvalue weighted by Gasteiger charge is 2.32. The first-order valence-electron chi connectivity index (χ1n) is 10.3. The van der Waals surface area contributed by atoms with Crippen LogP contribution in [0.3, 0.4) is 0 Å². The molecule has 0 bridgehead atoms. The number of ketones is 1. The van der Waals surface area contributed by atoms with Crippen molar-refractivity contribution in [1.29, 1.82) is 0 Å². The highest BCUT2D eigenvalue weighted by atomic mass is 35.5. The van der Waals surface area contributed by atoms with Gasteiger partial charge in [0, 0.05) is 18.0 Å². The maximum absolute atomic E-state index is 14.2. The minimum Gasteiger partial charge on any atom is -0.294 e. The van der Waals surface area contributed by atoms with Gasteiger partial charge >= 0.3 is 6.18 Å². The molecule has 4 rings (SSSR count). The van der Waals surface area contributed by atoms with Crippen molar-refractivity contribution in [2.45, 2.75) is 30.3 Å². The van der Waals surface area contributed by atoms with E-state index in [4.69, 9.17) is 11.6 Å². The number of anilines is 1. The molecular formula is C24H18ClF4NO3S. The molecule has 0 radical (unpaired) electrons. The highest BCUT2D eigenvalue weighted by Crippen LogP contribution is 2.34. The van der Waals surface area contributed by atoms with Gasteiger partial charge in [0.2, 0.25) is 0 Å². The molecule has 3 aromatic rings. The number of benzene rings is 3. The van der Waals surface area contributed by atoms with Gasteiger partial charge in [-0.25, -0.2) is 12.8 Å². The van der Waals surface area contributed by atoms with Crippen molar-refractivity contribution in [2.24, 2.45) is 0 Å². The minimum absolute atomic E-state index is 0.0676. The lowest BCUT2D eigenvalue weighted by Crippen LogP contribution is -2.35. The first-order chi connectivity index (χ1) is 16.0. The number of hydrogen-bond acceptors (Lipinski definition) is 3. The van der Waals surface area contributed by atoms with Gasteiger partial charge in [0.1, 0.15) is 5.82 Å². The van der Waals surface area contributed by atoms with Crippen LogP contribution in [0.4, 0.5) is 23.2 Å². The van der Waals surface area contributed by atoms with E-state index in [1.54, 1.807) is 18.2 Å². The Hall–Kier alpha value is -2.91. The predicted octanol–water partition coefficient (Wildman–Crippen LogP) is 6.06. The summed E-state index contributed by atoms with van der Waals surface area (Å²) in [4.78, 5) is 12.7. The number of aryl methyl sites for hydroxylation is 1. The van der Waals surface area contributed by atoms with Crippen LogP contribution in [0.5, 0.6) is 0 Å². The van der Waals surface area contributed by atoms with Gasteiger partial charge in [-0.1, -0.05) is 23.7 Å². The Bertz CT molecular complexity index is 1360. The molecule has 178 valence electrons. The molecule has 0 N–H and O–H groups in total. The van der Waals surface area contributed by atoms with Gasteiger partial charge in [0.25, 0.3) is 10.0 Å². The summed E-state index contributed by atoms with van der Waals surface area (Å²) in [7, 11) is -3.89.